The third-order valence-corrected chi connectivity index (χ3v) is 8.32. The quantitative estimate of drug-likeness (QED) is 0.489. The molecule has 1 saturated heterocycles. The number of hydrogen-bond acceptors (Lipinski definition) is 7. The van der Waals surface area contributed by atoms with Crippen molar-refractivity contribution in [3.63, 3.8) is 0 Å². The molecule has 0 atom stereocenters. The molecule has 0 saturated carbocycles. The molecule has 1 aliphatic heterocycles. The van der Waals surface area contributed by atoms with E-state index in [0.717, 1.165) is 10.6 Å². The summed E-state index contributed by atoms with van der Waals surface area (Å²) in [6.45, 7) is 2.10. The van der Waals surface area contributed by atoms with Crippen molar-refractivity contribution in [3.8, 4) is 0 Å². The lowest BCUT2D eigenvalue weighted by molar-refractivity contribution is -0.120. The molecule has 0 spiro atoms. The van der Waals surface area contributed by atoms with Crippen LogP contribution in [0.4, 0.5) is 5.69 Å². The standard InChI is InChI=1S/C23H25N3O5S2/c1-16-22(21(31-25-16)9-8-19-6-4-14-30-19)33(28,29)26-12-10-17(11-13-26)23(27)24-18-5-3-7-20(15-18)32-2/h3-9,14-15,17H,10-13H2,1-2H3,(H,24,27)/b9-8+. The Morgan fingerprint density at radius 2 is 2.00 bits per heavy atom. The SMILES string of the molecule is CSc1cccc(NC(=O)C2CCN(S(=O)(=O)c3c(C)noc3/C=C/c3ccco3)CC2)c1. The number of piperidine rings is 1. The molecular formula is C23H25N3O5S2. The van der Waals surface area contributed by atoms with Crippen LogP contribution in [0.5, 0.6) is 0 Å². The molecule has 3 heterocycles. The summed E-state index contributed by atoms with van der Waals surface area (Å²) < 4.78 is 38.6. The number of aromatic nitrogens is 1. The van der Waals surface area contributed by atoms with E-state index in [-0.39, 0.29) is 35.6 Å². The van der Waals surface area contributed by atoms with Crippen LogP contribution in [0.3, 0.4) is 0 Å². The number of nitrogens with zero attached hydrogens (tertiary/aromatic N) is 2. The third kappa shape index (κ3) is 5.23. The first kappa shape index (κ1) is 23.3. The maximum atomic E-state index is 13.4. The Bertz CT molecular complexity index is 1240. The maximum Gasteiger partial charge on any atom is 0.248 e. The molecule has 1 fully saturated rings. The van der Waals surface area contributed by atoms with Crippen molar-refractivity contribution in [1.29, 1.82) is 0 Å². The maximum absolute atomic E-state index is 13.4. The van der Waals surface area contributed by atoms with Gasteiger partial charge in [-0.2, -0.15) is 4.31 Å². The van der Waals surface area contributed by atoms with E-state index in [2.05, 4.69) is 10.5 Å². The lowest BCUT2D eigenvalue weighted by atomic mass is 9.97. The Balaban J connectivity index is 1.43. The summed E-state index contributed by atoms with van der Waals surface area (Å²) >= 11 is 1.60. The summed E-state index contributed by atoms with van der Waals surface area (Å²) in [4.78, 5) is 13.8. The number of anilines is 1. The molecule has 0 unspecified atom stereocenters. The van der Waals surface area contributed by atoms with Crippen LogP contribution in [0, 0.1) is 12.8 Å². The number of nitrogens with one attached hydrogen (secondary N) is 1. The van der Waals surface area contributed by atoms with Crippen molar-refractivity contribution < 1.29 is 22.2 Å². The molecule has 2 aromatic heterocycles. The third-order valence-electron chi connectivity index (χ3n) is 5.54. The number of hydrogen-bond donors (Lipinski definition) is 1. The van der Waals surface area contributed by atoms with Gasteiger partial charge >= 0.3 is 0 Å². The van der Waals surface area contributed by atoms with Crippen LogP contribution in [0.15, 0.2) is 61.4 Å². The van der Waals surface area contributed by atoms with Crippen LogP contribution in [-0.4, -0.2) is 43.1 Å². The van der Waals surface area contributed by atoms with Crippen molar-refractivity contribution >= 4 is 45.5 Å². The second-order valence-electron chi connectivity index (χ2n) is 7.71. The number of thioether (sulfide) groups is 1. The highest BCUT2D eigenvalue weighted by atomic mass is 32.2. The summed E-state index contributed by atoms with van der Waals surface area (Å²) in [6.07, 6.45) is 7.55. The minimum Gasteiger partial charge on any atom is -0.465 e. The van der Waals surface area contributed by atoms with Crippen LogP contribution in [-0.2, 0) is 14.8 Å². The van der Waals surface area contributed by atoms with Gasteiger partial charge in [-0.05, 0) is 68.5 Å². The molecule has 1 aromatic carbocycles. The second-order valence-corrected chi connectivity index (χ2v) is 10.5. The monoisotopic (exact) mass is 487 g/mol. The Morgan fingerprint density at radius 1 is 1.21 bits per heavy atom. The van der Waals surface area contributed by atoms with Crippen LogP contribution in [0.1, 0.15) is 30.1 Å². The molecule has 1 aliphatic rings. The van der Waals surface area contributed by atoms with Crippen molar-refractivity contribution in [3.05, 3.63) is 59.9 Å². The van der Waals surface area contributed by atoms with Gasteiger partial charge < -0.3 is 14.3 Å². The molecule has 10 heteroatoms. The Labute approximate surface area is 197 Å². The van der Waals surface area contributed by atoms with E-state index >= 15 is 0 Å². The zero-order chi connectivity index (χ0) is 23.4. The topological polar surface area (TPSA) is 106 Å². The van der Waals surface area contributed by atoms with Crippen molar-refractivity contribution in [2.75, 3.05) is 24.7 Å². The molecule has 8 nitrogen and oxygen atoms in total. The molecule has 174 valence electrons. The number of rotatable bonds is 7. The van der Waals surface area contributed by atoms with Crippen LogP contribution < -0.4 is 5.32 Å². The van der Waals surface area contributed by atoms with E-state index in [0.29, 0.717) is 24.3 Å². The highest BCUT2D eigenvalue weighted by Crippen LogP contribution is 2.30. The van der Waals surface area contributed by atoms with Gasteiger partial charge in [0.15, 0.2) is 10.7 Å². The number of sulfonamides is 1. The average Bonchev–Trinajstić information content (AvgIpc) is 3.47. The fourth-order valence-corrected chi connectivity index (χ4v) is 5.95. The zero-order valence-corrected chi connectivity index (χ0v) is 20.0. The summed E-state index contributed by atoms with van der Waals surface area (Å²) in [5.74, 6) is 0.379. The number of benzene rings is 1. The van der Waals surface area contributed by atoms with Gasteiger partial charge in [-0.3, -0.25) is 4.79 Å². The van der Waals surface area contributed by atoms with Gasteiger partial charge in [-0.25, -0.2) is 8.42 Å². The fourth-order valence-electron chi connectivity index (χ4n) is 3.78. The van der Waals surface area contributed by atoms with Gasteiger partial charge in [0.05, 0.1) is 6.26 Å². The Morgan fingerprint density at radius 3 is 2.70 bits per heavy atom. The number of aryl methyl sites for hydroxylation is 1. The normalized spacial score (nSPS) is 15.8. The highest BCUT2D eigenvalue weighted by Gasteiger charge is 2.36. The molecule has 1 amide bonds. The Kier molecular flexibility index (Phi) is 7.06. The van der Waals surface area contributed by atoms with Crippen LogP contribution >= 0.6 is 11.8 Å². The molecule has 0 aliphatic carbocycles. The smallest absolute Gasteiger partial charge is 0.248 e. The van der Waals surface area contributed by atoms with Gasteiger partial charge in [0.1, 0.15) is 11.5 Å². The lowest BCUT2D eigenvalue weighted by Gasteiger charge is -2.30. The van der Waals surface area contributed by atoms with Gasteiger partial charge in [0.25, 0.3) is 0 Å². The fraction of sp³-hybridized carbons (Fsp3) is 0.304. The van der Waals surface area contributed by atoms with Gasteiger partial charge in [-0.1, -0.05) is 11.2 Å². The first-order chi connectivity index (χ1) is 15.9. The van der Waals surface area contributed by atoms with Crippen molar-refractivity contribution in [2.45, 2.75) is 29.6 Å². The molecule has 4 rings (SSSR count). The first-order valence-corrected chi connectivity index (χ1v) is 13.2. The summed E-state index contributed by atoms with van der Waals surface area (Å²) in [5, 5.41) is 6.81. The van der Waals surface area contributed by atoms with Crippen molar-refractivity contribution in [1.82, 2.24) is 9.46 Å². The predicted molar refractivity (Wildman–Crippen MR) is 127 cm³/mol. The zero-order valence-electron chi connectivity index (χ0n) is 18.4. The molecular weight excluding hydrogens is 462 g/mol. The van der Waals surface area contributed by atoms with Gasteiger partial charge in [-0.15, -0.1) is 11.8 Å². The molecule has 1 N–H and O–H groups in total. The molecule has 0 bridgehead atoms. The summed E-state index contributed by atoms with van der Waals surface area (Å²) in [6, 6.07) is 11.1. The molecule has 0 radical (unpaired) electrons. The first-order valence-electron chi connectivity index (χ1n) is 10.5. The number of carbonyl (C=O) groups excluding carboxylic acids is 1. The highest BCUT2D eigenvalue weighted by molar-refractivity contribution is 7.98. The van der Waals surface area contributed by atoms with Crippen LogP contribution in [0.25, 0.3) is 12.2 Å². The number of furan rings is 1. The Hall–Kier alpha value is -2.82. The number of carbonyl (C=O) groups is 1. The van der Waals surface area contributed by atoms with E-state index in [4.69, 9.17) is 8.94 Å². The van der Waals surface area contributed by atoms with Gasteiger partial charge in [0, 0.05) is 29.6 Å². The van der Waals surface area contributed by atoms with Crippen LogP contribution in [0.2, 0.25) is 0 Å². The van der Waals surface area contributed by atoms with E-state index in [1.807, 2.05) is 30.5 Å². The average molecular weight is 488 g/mol. The van der Waals surface area contributed by atoms with E-state index in [1.54, 1.807) is 36.9 Å². The van der Waals surface area contributed by atoms with E-state index < -0.39 is 10.0 Å². The minimum absolute atomic E-state index is 0.0436. The number of amides is 1. The largest absolute Gasteiger partial charge is 0.465 e. The molecule has 3 aromatic rings. The van der Waals surface area contributed by atoms with Gasteiger partial charge in [0.2, 0.25) is 15.9 Å². The minimum atomic E-state index is -3.83. The van der Waals surface area contributed by atoms with Crippen molar-refractivity contribution in [2.24, 2.45) is 5.92 Å². The molecule has 33 heavy (non-hydrogen) atoms. The summed E-state index contributed by atoms with van der Waals surface area (Å²) in [7, 11) is -3.83. The lowest BCUT2D eigenvalue weighted by Crippen LogP contribution is -2.41. The van der Waals surface area contributed by atoms with E-state index in [9.17, 15) is 13.2 Å². The van der Waals surface area contributed by atoms with E-state index in [1.165, 1.54) is 16.6 Å². The summed E-state index contributed by atoms with van der Waals surface area (Å²) in [5.41, 5.74) is 1.04. The predicted octanol–water partition coefficient (Wildman–Crippen LogP) is 4.51. The second kappa shape index (κ2) is 9.98.